The lowest BCUT2D eigenvalue weighted by atomic mass is 9.88. The largest absolute Gasteiger partial charge is 0.469 e. The zero-order valence-electron chi connectivity index (χ0n) is 15.7. The van der Waals surface area contributed by atoms with Crippen LogP contribution in [0.4, 0.5) is 15.8 Å². The Hall–Kier alpha value is -2.68. The smallest absolute Gasteiger partial charge is 0.308 e. The quantitative estimate of drug-likeness (QED) is 0.505. The van der Waals surface area contributed by atoms with Gasteiger partial charge in [0.1, 0.15) is 11.9 Å². The minimum absolute atomic E-state index is 0.0550. The third-order valence-corrected chi connectivity index (χ3v) is 5.28. The van der Waals surface area contributed by atoms with Gasteiger partial charge in [-0.05, 0) is 37.5 Å². The van der Waals surface area contributed by atoms with Crippen molar-refractivity contribution in [3.8, 4) is 0 Å². The molecule has 2 heterocycles. The maximum absolute atomic E-state index is 14.5. The number of hydrogen-bond acceptors (Lipinski definition) is 7. The number of carbonyl (C=O) groups excluding carboxylic acids is 3. The fraction of sp³-hybridized carbons (Fsp3) is 0.526. The molecule has 1 atom stereocenters. The second-order valence-corrected chi connectivity index (χ2v) is 7.28. The molecule has 2 saturated heterocycles. The summed E-state index contributed by atoms with van der Waals surface area (Å²) in [7, 11) is 1.29. The molecule has 1 unspecified atom stereocenters. The number of rotatable bonds is 5. The number of nitrogens with zero attached hydrogens (tertiary/aromatic N) is 1. The van der Waals surface area contributed by atoms with Gasteiger partial charge in [-0.3, -0.25) is 19.7 Å². The molecule has 28 heavy (non-hydrogen) atoms. The highest BCUT2D eigenvalue weighted by molar-refractivity contribution is 6.01. The fourth-order valence-corrected chi connectivity index (χ4v) is 3.54. The van der Waals surface area contributed by atoms with Crippen LogP contribution >= 0.6 is 0 Å². The number of imide groups is 1. The van der Waals surface area contributed by atoms with Crippen LogP contribution in [0.15, 0.2) is 18.2 Å². The van der Waals surface area contributed by atoms with Crippen LogP contribution in [-0.4, -0.2) is 54.7 Å². The standard InChI is InChI=1S/C19H24FN3O5/c1-28-17(25)11-19(27)6-8-23(9-7-19)12-2-3-14(13(20)10-12)21-15-4-5-16(24)22-18(15)26/h2-3,10,15,21,27H,4-9,11H2,1H3,(H,22,24,26). The lowest BCUT2D eigenvalue weighted by Crippen LogP contribution is -2.47. The van der Waals surface area contributed by atoms with Crippen LogP contribution in [-0.2, 0) is 19.1 Å². The Labute approximate surface area is 162 Å². The Morgan fingerprint density at radius 1 is 1.39 bits per heavy atom. The van der Waals surface area contributed by atoms with Crippen LogP contribution in [0.25, 0.3) is 0 Å². The average molecular weight is 393 g/mol. The second kappa shape index (κ2) is 8.14. The normalized spacial score (nSPS) is 21.8. The highest BCUT2D eigenvalue weighted by atomic mass is 19.1. The summed E-state index contributed by atoms with van der Waals surface area (Å²) in [4.78, 5) is 36.4. The summed E-state index contributed by atoms with van der Waals surface area (Å²) in [6, 6.07) is 4.02. The van der Waals surface area contributed by atoms with Crippen molar-refractivity contribution in [1.29, 1.82) is 0 Å². The first-order valence-corrected chi connectivity index (χ1v) is 9.23. The summed E-state index contributed by atoms with van der Waals surface area (Å²) in [6.07, 6.45) is 1.22. The molecule has 3 rings (SSSR count). The Morgan fingerprint density at radius 2 is 2.11 bits per heavy atom. The van der Waals surface area contributed by atoms with E-state index in [1.165, 1.54) is 13.2 Å². The van der Waals surface area contributed by atoms with E-state index in [9.17, 15) is 23.9 Å². The van der Waals surface area contributed by atoms with E-state index in [0.717, 1.165) is 0 Å². The number of anilines is 2. The van der Waals surface area contributed by atoms with E-state index in [-0.39, 0.29) is 24.4 Å². The number of methoxy groups -OCH3 is 1. The molecule has 8 nitrogen and oxygen atoms in total. The SMILES string of the molecule is COC(=O)CC1(O)CCN(c2ccc(NC3CCC(=O)NC3=O)c(F)c2)CC1. The summed E-state index contributed by atoms with van der Waals surface area (Å²) in [5.41, 5.74) is -0.251. The molecule has 0 bridgehead atoms. The summed E-state index contributed by atoms with van der Waals surface area (Å²) < 4.78 is 19.2. The van der Waals surface area contributed by atoms with Gasteiger partial charge in [-0.1, -0.05) is 0 Å². The van der Waals surface area contributed by atoms with Gasteiger partial charge in [0.25, 0.3) is 0 Å². The van der Waals surface area contributed by atoms with Gasteiger partial charge in [0.05, 0.1) is 24.8 Å². The lowest BCUT2D eigenvalue weighted by molar-refractivity contribution is -0.147. The van der Waals surface area contributed by atoms with Crippen molar-refractivity contribution < 1.29 is 28.6 Å². The monoisotopic (exact) mass is 393 g/mol. The second-order valence-electron chi connectivity index (χ2n) is 7.28. The van der Waals surface area contributed by atoms with E-state index in [2.05, 4.69) is 15.4 Å². The molecule has 0 aliphatic carbocycles. The van der Waals surface area contributed by atoms with Crippen molar-refractivity contribution in [3.63, 3.8) is 0 Å². The molecule has 9 heteroatoms. The minimum atomic E-state index is -1.10. The number of amides is 2. The molecule has 1 aromatic carbocycles. The van der Waals surface area contributed by atoms with Crippen LogP contribution in [0.3, 0.4) is 0 Å². The lowest BCUT2D eigenvalue weighted by Gasteiger charge is -2.38. The predicted molar refractivity (Wildman–Crippen MR) is 99.2 cm³/mol. The van der Waals surface area contributed by atoms with Crippen LogP contribution in [0.5, 0.6) is 0 Å². The first-order chi connectivity index (χ1) is 13.3. The van der Waals surface area contributed by atoms with Crippen molar-refractivity contribution in [3.05, 3.63) is 24.0 Å². The summed E-state index contributed by atoms with van der Waals surface area (Å²) in [6.45, 7) is 0.958. The van der Waals surface area contributed by atoms with E-state index in [1.807, 2.05) is 4.90 Å². The molecule has 1 aromatic rings. The average Bonchev–Trinajstić information content (AvgIpc) is 2.65. The number of ether oxygens (including phenoxy) is 1. The Morgan fingerprint density at radius 3 is 2.71 bits per heavy atom. The van der Waals surface area contributed by atoms with Crippen molar-refractivity contribution in [2.24, 2.45) is 0 Å². The minimum Gasteiger partial charge on any atom is -0.469 e. The van der Waals surface area contributed by atoms with Gasteiger partial charge < -0.3 is 20.1 Å². The molecule has 3 N–H and O–H groups in total. The Balaban J connectivity index is 1.61. The van der Waals surface area contributed by atoms with Gasteiger partial charge in [0.2, 0.25) is 11.8 Å². The maximum Gasteiger partial charge on any atom is 0.308 e. The fourth-order valence-electron chi connectivity index (χ4n) is 3.54. The highest BCUT2D eigenvalue weighted by Gasteiger charge is 2.35. The maximum atomic E-state index is 14.5. The first kappa shape index (κ1) is 20.1. The van der Waals surface area contributed by atoms with Crippen molar-refractivity contribution in [1.82, 2.24) is 5.32 Å². The van der Waals surface area contributed by atoms with Crippen molar-refractivity contribution in [2.45, 2.75) is 43.7 Å². The molecule has 2 aliphatic heterocycles. The highest BCUT2D eigenvalue weighted by Crippen LogP contribution is 2.31. The van der Waals surface area contributed by atoms with Gasteiger partial charge in [0.15, 0.2) is 0 Å². The van der Waals surface area contributed by atoms with Gasteiger partial charge in [-0.15, -0.1) is 0 Å². The number of piperidine rings is 2. The summed E-state index contributed by atoms with van der Waals surface area (Å²) in [5, 5.41) is 15.6. The van der Waals surface area contributed by atoms with Gasteiger partial charge in [-0.2, -0.15) is 0 Å². The third kappa shape index (κ3) is 4.59. The van der Waals surface area contributed by atoms with Gasteiger partial charge in [-0.25, -0.2) is 4.39 Å². The van der Waals surface area contributed by atoms with Crippen LogP contribution in [0.2, 0.25) is 0 Å². The molecule has 2 fully saturated rings. The summed E-state index contributed by atoms with van der Waals surface area (Å²) in [5.74, 6) is -1.74. The van der Waals surface area contributed by atoms with Gasteiger partial charge >= 0.3 is 5.97 Å². The number of esters is 1. The third-order valence-electron chi connectivity index (χ3n) is 5.28. The Bertz CT molecular complexity index is 777. The van der Waals surface area contributed by atoms with E-state index in [4.69, 9.17) is 0 Å². The Kier molecular flexibility index (Phi) is 5.83. The van der Waals surface area contributed by atoms with Crippen molar-refractivity contribution >= 4 is 29.2 Å². The first-order valence-electron chi connectivity index (χ1n) is 9.23. The molecule has 0 radical (unpaired) electrons. The van der Waals surface area contributed by atoms with Gasteiger partial charge in [0, 0.05) is 25.2 Å². The molecule has 0 spiro atoms. The zero-order valence-corrected chi connectivity index (χ0v) is 15.7. The van der Waals surface area contributed by atoms with Crippen LogP contribution in [0.1, 0.15) is 32.1 Å². The molecule has 2 aliphatic rings. The van der Waals surface area contributed by atoms with Crippen LogP contribution < -0.4 is 15.5 Å². The zero-order chi connectivity index (χ0) is 20.3. The van der Waals surface area contributed by atoms with E-state index in [0.29, 0.717) is 38.0 Å². The topological polar surface area (TPSA) is 108 Å². The molecule has 152 valence electrons. The number of benzene rings is 1. The number of nitrogens with one attached hydrogen (secondary N) is 2. The van der Waals surface area contributed by atoms with E-state index >= 15 is 0 Å². The number of halogens is 1. The molecular weight excluding hydrogens is 369 g/mol. The molecular formula is C19H24FN3O5. The van der Waals surface area contributed by atoms with Crippen molar-refractivity contribution in [2.75, 3.05) is 30.4 Å². The summed E-state index contributed by atoms with van der Waals surface area (Å²) >= 11 is 0. The molecule has 2 amide bonds. The van der Waals surface area contributed by atoms with Crippen LogP contribution in [0, 0.1) is 5.82 Å². The van der Waals surface area contributed by atoms with E-state index in [1.54, 1.807) is 12.1 Å². The number of aliphatic hydroxyl groups is 1. The molecule has 0 saturated carbocycles. The predicted octanol–water partition coefficient (Wildman–Crippen LogP) is 0.937. The molecule has 0 aromatic heterocycles. The number of carbonyl (C=O) groups is 3. The van der Waals surface area contributed by atoms with E-state index < -0.39 is 29.3 Å². The number of hydrogen-bond donors (Lipinski definition) is 3.